The molecule has 0 radical (unpaired) electrons. The Balaban J connectivity index is 1.71. The summed E-state index contributed by atoms with van der Waals surface area (Å²) in [7, 11) is 0. The Morgan fingerprint density at radius 1 is 1.30 bits per heavy atom. The van der Waals surface area contributed by atoms with Gasteiger partial charge in [-0.15, -0.1) is 0 Å². The number of thioether (sulfide) groups is 1. The first-order chi connectivity index (χ1) is 13.2. The lowest BCUT2D eigenvalue weighted by Crippen LogP contribution is -2.23. The van der Waals surface area contributed by atoms with Gasteiger partial charge in [0.05, 0.1) is 17.5 Å². The van der Waals surface area contributed by atoms with Gasteiger partial charge in [0.25, 0.3) is 5.56 Å². The predicted octanol–water partition coefficient (Wildman–Crippen LogP) is 4.10. The molecule has 0 saturated carbocycles. The maximum atomic E-state index is 14.0. The molecule has 2 aromatic carbocycles. The molecular formula is C20H19FN2O3S. The van der Waals surface area contributed by atoms with Crippen molar-refractivity contribution in [3.8, 4) is 5.75 Å². The predicted molar refractivity (Wildman–Crippen MR) is 103 cm³/mol. The highest BCUT2D eigenvalue weighted by Crippen LogP contribution is 2.33. The molecule has 1 aliphatic heterocycles. The van der Waals surface area contributed by atoms with E-state index in [1.807, 2.05) is 25.1 Å². The first-order valence-electron chi connectivity index (χ1n) is 8.81. The summed E-state index contributed by atoms with van der Waals surface area (Å²) in [5.74, 6) is 0.797. The van der Waals surface area contributed by atoms with Crippen LogP contribution in [0.15, 0.2) is 46.3 Å². The van der Waals surface area contributed by atoms with Gasteiger partial charge in [-0.2, -0.15) is 0 Å². The summed E-state index contributed by atoms with van der Waals surface area (Å²) in [6, 6.07) is 10.2. The standard InChI is InChI=1S/C20H19FN2O3S/c1-2-7-23-19(24)16-5-3-4-6-17(16)22-20(23)27-11-14-9-15(21)8-13-10-25-12-26-18(13)14/h3-6,8-9H,2,7,10-12H2,1H3. The summed E-state index contributed by atoms with van der Waals surface area (Å²) in [5, 5.41) is 1.24. The van der Waals surface area contributed by atoms with Crippen LogP contribution in [0.1, 0.15) is 24.5 Å². The molecule has 2 heterocycles. The molecule has 4 rings (SSSR count). The van der Waals surface area contributed by atoms with Crippen molar-refractivity contribution in [2.45, 2.75) is 37.4 Å². The third-order valence-electron chi connectivity index (χ3n) is 4.38. The fraction of sp³-hybridized carbons (Fsp3) is 0.300. The molecule has 0 fully saturated rings. The van der Waals surface area contributed by atoms with Crippen molar-refractivity contribution < 1.29 is 13.9 Å². The summed E-state index contributed by atoms with van der Waals surface area (Å²) in [6.07, 6.45) is 0.823. The zero-order chi connectivity index (χ0) is 18.8. The zero-order valence-corrected chi connectivity index (χ0v) is 15.7. The molecule has 0 N–H and O–H groups in total. The van der Waals surface area contributed by atoms with Gasteiger partial charge in [-0.3, -0.25) is 9.36 Å². The van der Waals surface area contributed by atoms with Gasteiger partial charge in [0.1, 0.15) is 11.6 Å². The number of halogens is 1. The third-order valence-corrected chi connectivity index (χ3v) is 5.41. The minimum atomic E-state index is -0.323. The molecule has 7 heteroatoms. The average Bonchev–Trinajstić information content (AvgIpc) is 2.68. The van der Waals surface area contributed by atoms with Gasteiger partial charge in [-0.05, 0) is 30.7 Å². The van der Waals surface area contributed by atoms with Crippen LogP contribution in [0.25, 0.3) is 10.9 Å². The highest BCUT2D eigenvalue weighted by molar-refractivity contribution is 7.98. The lowest BCUT2D eigenvalue weighted by atomic mass is 10.1. The van der Waals surface area contributed by atoms with E-state index in [2.05, 4.69) is 4.98 Å². The van der Waals surface area contributed by atoms with E-state index in [0.29, 0.717) is 46.3 Å². The SMILES string of the molecule is CCCn1c(SCc2cc(F)cc3c2OCOC3)nc2ccccc2c1=O. The van der Waals surface area contributed by atoms with Crippen molar-refractivity contribution in [1.29, 1.82) is 0 Å². The lowest BCUT2D eigenvalue weighted by Gasteiger charge is -2.21. The zero-order valence-electron chi connectivity index (χ0n) is 14.9. The number of para-hydroxylation sites is 1. The van der Waals surface area contributed by atoms with Crippen molar-refractivity contribution in [2.24, 2.45) is 0 Å². The first kappa shape index (κ1) is 18.0. The largest absolute Gasteiger partial charge is 0.467 e. The Morgan fingerprint density at radius 3 is 3.00 bits per heavy atom. The Hall–Kier alpha value is -2.38. The monoisotopic (exact) mass is 386 g/mol. The lowest BCUT2D eigenvalue weighted by molar-refractivity contribution is -0.0171. The third kappa shape index (κ3) is 3.57. The number of rotatable bonds is 5. The van der Waals surface area contributed by atoms with Crippen molar-refractivity contribution >= 4 is 22.7 Å². The van der Waals surface area contributed by atoms with E-state index in [1.54, 1.807) is 10.6 Å². The molecule has 1 aromatic heterocycles. The van der Waals surface area contributed by atoms with Crippen LogP contribution in [0, 0.1) is 5.82 Å². The molecule has 0 aliphatic carbocycles. The first-order valence-corrected chi connectivity index (χ1v) is 9.80. The summed E-state index contributed by atoms with van der Waals surface area (Å²) in [5.41, 5.74) is 2.07. The summed E-state index contributed by atoms with van der Waals surface area (Å²) in [4.78, 5) is 17.5. The molecule has 3 aromatic rings. The average molecular weight is 386 g/mol. The highest BCUT2D eigenvalue weighted by Gasteiger charge is 2.18. The van der Waals surface area contributed by atoms with Crippen molar-refractivity contribution in [3.05, 3.63) is 63.7 Å². The Labute approximate surface area is 160 Å². The van der Waals surface area contributed by atoms with E-state index >= 15 is 0 Å². The summed E-state index contributed by atoms with van der Waals surface area (Å²) in [6.45, 7) is 3.10. The summed E-state index contributed by atoms with van der Waals surface area (Å²) < 4.78 is 26.5. The van der Waals surface area contributed by atoms with Gasteiger partial charge in [-0.25, -0.2) is 9.37 Å². The van der Waals surface area contributed by atoms with Gasteiger partial charge in [-0.1, -0.05) is 30.8 Å². The number of fused-ring (bicyclic) bond motifs is 2. The minimum Gasteiger partial charge on any atom is -0.467 e. The van der Waals surface area contributed by atoms with E-state index in [-0.39, 0.29) is 18.2 Å². The van der Waals surface area contributed by atoms with Crippen molar-refractivity contribution in [3.63, 3.8) is 0 Å². The maximum Gasteiger partial charge on any atom is 0.262 e. The van der Waals surface area contributed by atoms with Crippen molar-refractivity contribution in [1.82, 2.24) is 9.55 Å². The molecule has 0 spiro atoms. The van der Waals surface area contributed by atoms with Gasteiger partial charge >= 0.3 is 0 Å². The number of hydrogen-bond donors (Lipinski definition) is 0. The molecular weight excluding hydrogens is 367 g/mol. The highest BCUT2D eigenvalue weighted by atomic mass is 32.2. The van der Waals surface area contributed by atoms with Crippen LogP contribution in [0.5, 0.6) is 5.75 Å². The number of nitrogens with zero attached hydrogens (tertiary/aromatic N) is 2. The second-order valence-electron chi connectivity index (χ2n) is 6.32. The molecule has 0 bridgehead atoms. The summed E-state index contributed by atoms with van der Waals surface area (Å²) >= 11 is 1.41. The Morgan fingerprint density at radius 2 is 2.15 bits per heavy atom. The quantitative estimate of drug-likeness (QED) is 0.488. The van der Waals surface area contributed by atoms with Crippen LogP contribution in [0.2, 0.25) is 0 Å². The molecule has 5 nitrogen and oxygen atoms in total. The smallest absolute Gasteiger partial charge is 0.262 e. The molecule has 0 saturated heterocycles. The van der Waals surface area contributed by atoms with Crippen LogP contribution >= 0.6 is 11.8 Å². The van der Waals surface area contributed by atoms with Crippen molar-refractivity contribution in [2.75, 3.05) is 6.79 Å². The van der Waals surface area contributed by atoms with E-state index in [0.717, 1.165) is 12.0 Å². The van der Waals surface area contributed by atoms with Gasteiger partial charge in [0, 0.05) is 23.4 Å². The van der Waals surface area contributed by atoms with Gasteiger partial charge in [0.2, 0.25) is 0 Å². The normalized spacial score (nSPS) is 13.4. The van der Waals surface area contributed by atoms with E-state index < -0.39 is 0 Å². The number of ether oxygens (including phenoxy) is 2. The van der Waals surface area contributed by atoms with Crippen LogP contribution in [-0.4, -0.2) is 16.3 Å². The fourth-order valence-electron chi connectivity index (χ4n) is 3.18. The number of aromatic nitrogens is 2. The van der Waals surface area contributed by atoms with Crippen LogP contribution < -0.4 is 10.3 Å². The van der Waals surface area contributed by atoms with E-state index in [9.17, 15) is 9.18 Å². The molecule has 0 unspecified atom stereocenters. The molecule has 1 aliphatic rings. The van der Waals surface area contributed by atoms with Gasteiger partial charge < -0.3 is 9.47 Å². The second kappa shape index (κ2) is 7.70. The van der Waals surface area contributed by atoms with Crippen LogP contribution in [-0.2, 0) is 23.6 Å². The van der Waals surface area contributed by atoms with Gasteiger partial charge in [0.15, 0.2) is 11.9 Å². The minimum absolute atomic E-state index is 0.0455. The molecule has 0 atom stereocenters. The molecule has 0 amide bonds. The Kier molecular flexibility index (Phi) is 5.13. The fourth-order valence-corrected chi connectivity index (χ4v) is 4.18. The van der Waals surface area contributed by atoms with Crippen LogP contribution in [0.4, 0.5) is 4.39 Å². The Bertz CT molecular complexity index is 1050. The second-order valence-corrected chi connectivity index (χ2v) is 7.26. The molecule has 27 heavy (non-hydrogen) atoms. The topological polar surface area (TPSA) is 53.4 Å². The number of benzene rings is 2. The van der Waals surface area contributed by atoms with E-state index in [4.69, 9.17) is 9.47 Å². The maximum absolute atomic E-state index is 14.0. The van der Waals surface area contributed by atoms with E-state index in [1.165, 1.54) is 23.9 Å². The van der Waals surface area contributed by atoms with Crippen LogP contribution in [0.3, 0.4) is 0 Å². The number of hydrogen-bond acceptors (Lipinski definition) is 5. The molecule has 140 valence electrons.